The second-order valence-corrected chi connectivity index (χ2v) is 6.21. The molecule has 1 aromatic rings. The Morgan fingerprint density at radius 1 is 1.30 bits per heavy atom. The predicted octanol–water partition coefficient (Wildman–Crippen LogP) is 2.54. The summed E-state index contributed by atoms with van der Waals surface area (Å²) in [7, 11) is 0. The zero-order chi connectivity index (χ0) is 15.0. The maximum absolute atomic E-state index is 5.83. The number of ether oxygens (including phenoxy) is 1. The number of rotatable bonds is 6. The van der Waals surface area contributed by atoms with E-state index in [4.69, 9.17) is 10.5 Å². The summed E-state index contributed by atoms with van der Waals surface area (Å²) in [5.41, 5.74) is 6.96. The van der Waals surface area contributed by atoms with E-state index in [1.54, 1.807) is 0 Å². The fraction of sp³-hybridized carbons (Fsp3) is 0.562. The Balaban J connectivity index is 2.23. The van der Waals surface area contributed by atoms with Crippen molar-refractivity contribution in [2.45, 2.75) is 39.8 Å². The highest BCUT2D eigenvalue weighted by Gasteiger charge is 2.10. The number of hydrogen-bond donors (Lipinski definition) is 2. The normalized spacial score (nSPS) is 14.1. The lowest BCUT2D eigenvalue weighted by molar-refractivity contribution is 0.0945. The van der Waals surface area contributed by atoms with Crippen molar-refractivity contribution in [1.29, 1.82) is 0 Å². The van der Waals surface area contributed by atoms with Gasteiger partial charge >= 0.3 is 0 Å². The van der Waals surface area contributed by atoms with Crippen molar-refractivity contribution >= 4 is 5.96 Å². The van der Waals surface area contributed by atoms with Gasteiger partial charge in [0, 0.05) is 12.1 Å². The average molecular weight is 277 g/mol. The number of benzene rings is 1. The maximum atomic E-state index is 5.83. The molecule has 3 N–H and O–H groups in total. The molecule has 4 heteroatoms. The van der Waals surface area contributed by atoms with E-state index in [2.05, 4.69) is 50.1 Å². The van der Waals surface area contributed by atoms with Gasteiger partial charge in [0.25, 0.3) is 0 Å². The van der Waals surface area contributed by atoms with Crippen LogP contribution in [0.5, 0.6) is 0 Å². The number of aliphatic imine (C=N–C) groups is 1. The summed E-state index contributed by atoms with van der Waals surface area (Å²) < 4.78 is 5.68. The molecule has 1 atom stereocenters. The minimum absolute atomic E-state index is 0.0549. The van der Waals surface area contributed by atoms with Crippen LogP contribution < -0.4 is 11.1 Å². The third-order valence-corrected chi connectivity index (χ3v) is 2.59. The molecule has 0 saturated heterocycles. The van der Waals surface area contributed by atoms with Crippen LogP contribution in [0.1, 0.15) is 33.3 Å². The number of nitrogens with one attached hydrogen (secondary N) is 1. The first kappa shape index (κ1) is 16.5. The van der Waals surface area contributed by atoms with Crippen molar-refractivity contribution in [1.82, 2.24) is 5.32 Å². The monoisotopic (exact) mass is 277 g/mol. The van der Waals surface area contributed by atoms with Crippen LogP contribution in [0, 0.1) is 5.92 Å². The molecule has 4 nitrogen and oxygen atoms in total. The van der Waals surface area contributed by atoms with Crippen molar-refractivity contribution in [3.8, 4) is 0 Å². The average Bonchev–Trinajstić information content (AvgIpc) is 2.36. The lowest BCUT2D eigenvalue weighted by atomic mass is 10.1. The molecular formula is C16H27N3O. The fourth-order valence-corrected chi connectivity index (χ4v) is 1.68. The summed E-state index contributed by atoms with van der Waals surface area (Å²) in [4.78, 5) is 4.34. The maximum Gasteiger partial charge on any atom is 0.188 e. The molecule has 0 spiro atoms. The zero-order valence-corrected chi connectivity index (χ0v) is 13.0. The van der Waals surface area contributed by atoms with Gasteiger partial charge < -0.3 is 15.8 Å². The summed E-state index contributed by atoms with van der Waals surface area (Å²) in [5.74, 6) is 0.839. The largest absolute Gasteiger partial charge is 0.376 e. The Kier molecular flexibility index (Phi) is 6.52. The molecule has 0 aliphatic heterocycles. The molecule has 1 aromatic carbocycles. The molecule has 0 heterocycles. The number of guanidine groups is 1. The van der Waals surface area contributed by atoms with Gasteiger partial charge in [-0.3, -0.25) is 4.99 Å². The molecular weight excluding hydrogens is 250 g/mol. The third-order valence-electron chi connectivity index (χ3n) is 2.59. The highest BCUT2D eigenvalue weighted by Crippen LogP contribution is 2.04. The first-order chi connectivity index (χ1) is 9.37. The van der Waals surface area contributed by atoms with Gasteiger partial charge in [-0.25, -0.2) is 0 Å². The summed E-state index contributed by atoms with van der Waals surface area (Å²) in [6, 6.07) is 10.2. The highest BCUT2D eigenvalue weighted by molar-refractivity contribution is 5.78. The minimum Gasteiger partial charge on any atom is -0.376 e. The number of hydrogen-bond acceptors (Lipinski definition) is 2. The van der Waals surface area contributed by atoms with Crippen LogP contribution in [0.25, 0.3) is 0 Å². The standard InChI is InChI=1S/C16H27N3O/c1-13(10-18-15(17)19-16(2,3)4)11-20-12-14-8-6-5-7-9-14/h5-9,13H,10-12H2,1-4H3,(H3,17,18,19). The predicted molar refractivity (Wildman–Crippen MR) is 84.6 cm³/mol. The van der Waals surface area contributed by atoms with Crippen molar-refractivity contribution < 1.29 is 4.74 Å². The van der Waals surface area contributed by atoms with Crippen molar-refractivity contribution in [3.63, 3.8) is 0 Å². The van der Waals surface area contributed by atoms with E-state index < -0.39 is 0 Å². The smallest absolute Gasteiger partial charge is 0.188 e. The highest BCUT2D eigenvalue weighted by atomic mass is 16.5. The van der Waals surface area contributed by atoms with Crippen molar-refractivity contribution in [2.75, 3.05) is 13.2 Å². The Morgan fingerprint density at radius 2 is 1.95 bits per heavy atom. The zero-order valence-electron chi connectivity index (χ0n) is 13.0. The van der Waals surface area contributed by atoms with Crippen LogP contribution in [0.2, 0.25) is 0 Å². The molecule has 0 aromatic heterocycles. The third kappa shape index (κ3) is 7.79. The molecule has 1 unspecified atom stereocenters. The molecule has 0 amide bonds. The van der Waals surface area contributed by atoms with Crippen LogP contribution >= 0.6 is 0 Å². The van der Waals surface area contributed by atoms with Crippen LogP contribution in [-0.4, -0.2) is 24.7 Å². The Labute approximate surface area is 122 Å². The molecule has 20 heavy (non-hydrogen) atoms. The molecule has 0 aliphatic carbocycles. The quantitative estimate of drug-likeness (QED) is 0.620. The van der Waals surface area contributed by atoms with E-state index >= 15 is 0 Å². The van der Waals surface area contributed by atoms with Gasteiger partial charge in [0.15, 0.2) is 5.96 Å². The van der Waals surface area contributed by atoms with Crippen LogP contribution in [-0.2, 0) is 11.3 Å². The fourth-order valence-electron chi connectivity index (χ4n) is 1.68. The molecule has 0 fully saturated rings. The molecule has 0 aliphatic rings. The summed E-state index contributed by atoms with van der Waals surface area (Å²) in [6.45, 7) is 10.3. The summed E-state index contributed by atoms with van der Waals surface area (Å²) in [5, 5.41) is 3.14. The van der Waals surface area contributed by atoms with Gasteiger partial charge in [0.1, 0.15) is 0 Å². The molecule has 0 radical (unpaired) electrons. The van der Waals surface area contributed by atoms with Crippen molar-refractivity contribution in [2.24, 2.45) is 16.6 Å². The van der Waals surface area contributed by atoms with Gasteiger partial charge in [0.05, 0.1) is 13.2 Å². The van der Waals surface area contributed by atoms with Crippen LogP contribution in [0.4, 0.5) is 0 Å². The van der Waals surface area contributed by atoms with E-state index in [0.29, 0.717) is 31.6 Å². The van der Waals surface area contributed by atoms with Crippen LogP contribution in [0.3, 0.4) is 0 Å². The van der Waals surface area contributed by atoms with E-state index in [9.17, 15) is 0 Å². The van der Waals surface area contributed by atoms with E-state index in [0.717, 1.165) is 0 Å². The summed E-state index contributed by atoms with van der Waals surface area (Å²) in [6.07, 6.45) is 0. The lowest BCUT2D eigenvalue weighted by Gasteiger charge is -2.21. The van der Waals surface area contributed by atoms with Gasteiger partial charge in [0.2, 0.25) is 0 Å². The topological polar surface area (TPSA) is 59.6 Å². The SMILES string of the molecule is CC(CN=C(N)NC(C)(C)C)COCc1ccccc1. The van der Waals surface area contributed by atoms with Gasteiger partial charge in [-0.2, -0.15) is 0 Å². The Morgan fingerprint density at radius 3 is 2.55 bits per heavy atom. The molecule has 1 rings (SSSR count). The van der Waals surface area contributed by atoms with E-state index in [1.807, 2.05) is 18.2 Å². The van der Waals surface area contributed by atoms with Gasteiger partial charge in [-0.1, -0.05) is 37.3 Å². The summed E-state index contributed by atoms with van der Waals surface area (Å²) >= 11 is 0. The Bertz CT molecular complexity index is 409. The second-order valence-electron chi connectivity index (χ2n) is 6.21. The lowest BCUT2D eigenvalue weighted by Crippen LogP contribution is -2.45. The van der Waals surface area contributed by atoms with Crippen molar-refractivity contribution in [3.05, 3.63) is 35.9 Å². The number of nitrogens with zero attached hydrogens (tertiary/aromatic N) is 1. The first-order valence-electron chi connectivity index (χ1n) is 7.06. The first-order valence-corrected chi connectivity index (χ1v) is 7.06. The van der Waals surface area contributed by atoms with Gasteiger partial charge in [-0.05, 0) is 32.3 Å². The van der Waals surface area contributed by atoms with Gasteiger partial charge in [-0.15, -0.1) is 0 Å². The van der Waals surface area contributed by atoms with E-state index in [-0.39, 0.29) is 5.54 Å². The van der Waals surface area contributed by atoms with E-state index in [1.165, 1.54) is 5.56 Å². The Hall–Kier alpha value is -1.55. The second kappa shape index (κ2) is 7.90. The molecule has 0 saturated carbocycles. The minimum atomic E-state index is -0.0549. The van der Waals surface area contributed by atoms with Crippen LogP contribution in [0.15, 0.2) is 35.3 Å². The number of nitrogens with two attached hydrogens (primary N) is 1. The molecule has 112 valence electrons. The molecule has 0 bridgehead atoms.